The molecular weight excluding hydrogens is 306 g/mol. The summed E-state index contributed by atoms with van der Waals surface area (Å²) in [5, 5.41) is 0. The molecule has 128 valence electrons. The summed E-state index contributed by atoms with van der Waals surface area (Å²) in [6.07, 6.45) is 0.609. The highest BCUT2D eigenvalue weighted by molar-refractivity contribution is 5.69. The number of carbonyl (C=O) groups excluding carboxylic acids is 1. The molecule has 0 radical (unpaired) electrons. The first-order valence-electron chi connectivity index (χ1n) is 7.63. The summed E-state index contributed by atoms with van der Waals surface area (Å²) in [5.74, 6) is -1.66. The smallest absolute Gasteiger partial charge is 0.305 e. The van der Waals surface area contributed by atoms with E-state index in [1.807, 2.05) is 11.9 Å². The standard InChI is InChI=1S/C16H22F2N2O3/c1-19-5-7-20(8-6-19)14-11-15(13(18)10-12(14)17)23-9-3-4-16(21)22-2/h10-11H,3-9H2,1-2H3. The van der Waals surface area contributed by atoms with Crippen LogP contribution in [0.1, 0.15) is 12.8 Å². The molecule has 0 N–H and O–H groups in total. The number of carbonyl (C=O) groups is 1. The number of anilines is 1. The quantitative estimate of drug-likeness (QED) is 0.591. The first-order valence-corrected chi connectivity index (χ1v) is 7.63. The van der Waals surface area contributed by atoms with E-state index in [9.17, 15) is 13.6 Å². The first-order chi connectivity index (χ1) is 11.0. The van der Waals surface area contributed by atoms with E-state index in [1.165, 1.54) is 13.2 Å². The molecule has 1 heterocycles. The van der Waals surface area contributed by atoms with Gasteiger partial charge in [-0.05, 0) is 13.5 Å². The van der Waals surface area contributed by atoms with Gasteiger partial charge in [0, 0.05) is 44.7 Å². The van der Waals surface area contributed by atoms with Crippen molar-refractivity contribution in [3.63, 3.8) is 0 Å². The number of rotatable bonds is 6. The van der Waals surface area contributed by atoms with E-state index in [0.29, 0.717) is 25.2 Å². The second-order valence-corrected chi connectivity index (χ2v) is 5.55. The van der Waals surface area contributed by atoms with E-state index >= 15 is 0 Å². The summed E-state index contributed by atoms with van der Waals surface area (Å²) in [7, 11) is 3.32. The van der Waals surface area contributed by atoms with Gasteiger partial charge in [0.2, 0.25) is 0 Å². The zero-order valence-electron chi connectivity index (χ0n) is 13.5. The Kier molecular flexibility index (Phi) is 6.15. The Morgan fingerprint density at radius 3 is 2.52 bits per heavy atom. The van der Waals surface area contributed by atoms with Crippen LogP contribution in [0.2, 0.25) is 0 Å². The summed E-state index contributed by atoms with van der Waals surface area (Å²) in [5.41, 5.74) is 0.350. The highest BCUT2D eigenvalue weighted by Gasteiger charge is 2.20. The van der Waals surface area contributed by atoms with Crippen LogP contribution in [0.5, 0.6) is 5.75 Å². The highest BCUT2D eigenvalue weighted by Crippen LogP contribution is 2.29. The number of hydrogen-bond acceptors (Lipinski definition) is 5. The number of ether oxygens (including phenoxy) is 2. The van der Waals surface area contributed by atoms with Crippen molar-refractivity contribution in [2.24, 2.45) is 0 Å². The minimum Gasteiger partial charge on any atom is -0.490 e. The number of hydrogen-bond donors (Lipinski definition) is 0. The Morgan fingerprint density at radius 1 is 1.17 bits per heavy atom. The van der Waals surface area contributed by atoms with Crippen LogP contribution in [0, 0.1) is 11.6 Å². The third-order valence-electron chi connectivity index (χ3n) is 3.86. The molecule has 0 saturated carbocycles. The lowest BCUT2D eigenvalue weighted by Crippen LogP contribution is -2.44. The van der Waals surface area contributed by atoms with Gasteiger partial charge in [0.25, 0.3) is 0 Å². The average Bonchev–Trinajstić information content (AvgIpc) is 2.54. The van der Waals surface area contributed by atoms with E-state index < -0.39 is 11.6 Å². The molecule has 0 atom stereocenters. The molecule has 1 aliphatic heterocycles. The molecule has 23 heavy (non-hydrogen) atoms. The topological polar surface area (TPSA) is 42.0 Å². The van der Waals surface area contributed by atoms with Gasteiger partial charge in [0.1, 0.15) is 5.82 Å². The first kappa shape index (κ1) is 17.5. The van der Waals surface area contributed by atoms with Crippen LogP contribution in [0.15, 0.2) is 12.1 Å². The molecule has 1 aromatic rings. The van der Waals surface area contributed by atoms with Crippen molar-refractivity contribution in [1.29, 1.82) is 0 Å². The van der Waals surface area contributed by atoms with Crippen LogP contribution in [-0.2, 0) is 9.53 Å². The van der Waals surface area contributed by atoms with Gasteiger partial charge in [0.05, 0.1) is 19.4 Å². The lowest BCUT2D eigenvalue weighted by molar-refractivity contribution is -0.140. The van der Waals surface area contributed by atoms with Gasteiger partial charge in [0.15, 0.2) is 11.6 Å². The molecule has 0 unspecified atom stereocenters. The Morgan fingerprint density at radius 2 is 1.87 bits per heavy atom. The molecule has 0 amide bonds. The van der Waals surface area contributed by atoms with Crippen LogP contribution in [-0.4, -0.2) is 57.8 Å². The third kappa shape index (κ3) is 4.79. The Hall–Kier alpha value is -1.89. The maximum Gasteiger partial charge on any atom is 0.305 e. The maximum absolute atomic E-state index is 14.0. The number of halogens is 2. The highest BCUT2D eigenvalue weighted by atomic mass is 19.1. The average molecular weight is 328 g/mol. The predicted octanol–water partition coefficient (Wildman–Crippen LogP) is 2.05. The number of likely N-dealkylation sites (N-methyl/N-ethyl adjacent to an activating group) is 1. The van der Waals surface area contributed by atoms with Crippen molar-refractivity contribution in [2.75, 3.05) is 51.8 Å². The van der Waals surface area contributed by atoms with E-state index in [-0.39, 0.29) is 24.7 Å². The fourth-order valence-corrected chi connectivity index (χ4v) is 2.42. The number of benzene rings is 1. The summed E-state index contributed by atoms with van der Waals surface area (Å²) >= 11 is 0. The molecule has 1 saturated heterocycles. The van der Waals surface area contributed by atoms with E-state index in [2.05, 4.69) is 9.64 Å². The third-order valence-corrected chi connectivity index (χ3v) is 3.86. The van der Waals surface area contributed by atoms with Gasteiger partial charge in [-0.2, -0.15) is 0 Å². The van der Waals surface area contributed by atoms with Crippen molar-refractivity contribution < 1.29 is 23.0 Å². The zero-order chi connectivity index (χ0) is 16.8. The van der Waals surface area contributed by atoms with Crippen LogP contribution < -0.4 is 9.64 Å². The molecule has 1 aliphatic rings. The number of nitrogens with zero attached hydrogens (tertiary/aromatic N) is 2. The van der Waals surface area contributed by atoms with Crippen molar-refractivity contribution >= 4 is 11.7 Å². The summed E-state index contributed by atoms with van der Waals surface area (Å²) < 4.78 is 37.7. The molecule has 2 rings (SSSR count). The fraction of sp³-hybridized carbons (Fsp3) is 0.562. The van der Waals surface area contributed by atoms with Gasteiger partial charge in [-0.25, -0.2) is 8.78 Å². The van der Waals surface area contributed by atoms with Gasteiger partial charge in [-0.15, -0.1) is 0 Å². The second-order valence-electron chi connectivity index (χ2n) is 5.55. The lowest BCUT2D eigenvalue weighted by Gasteiger charge is -2.34. The van der Waals surface area contributed by atoms with Crippen molar-refractivity contribution in [2.45, 2.75) is 12.8 Å². The molecule has 1 fully saturated rings. The van der Waals surface area contributed by atoms with Crippen LogP contribution in [0.3, 0.4) is 0 Å². The molecule has 0 aromatic heterocycles. The van der Waals surface area contributed by atoms with Gasteiger partial charge in [-0.3, -0.25) is 4.79 Å². The van der Waals surface area contributed by atoms with Gasteiger partial charge in [-0.1, -0.05) is 0 Å². The van der Waals surface area contributed by atoms with E-state index in [4.69, 9.17) is 4.74 Å². The molecule has 7 heteroatoms. The van der Waals surface area contributed by atoms with E-state index in [0.717, 1.165) is 19.2 Å². The lowest BCUT2D eigenvalue weighted by atomic mass is 10.2. The van der Waals surface area contributed by atoms with Crippen LogP contribution in [0.4, 0.5) is 14.5 Å². The fourth-order valence-electron chi connectivity index (χ4n) is 2.42. The van der Waals surface area contributed by atoms with Crippen molar-refractivity contribution in [3.05, 3.63) is 23.8 Å². The Labute approximate surface area is 134 Å². The molecule has 0 aliphatic carbocycles. The normalized spacial score (nSPS) is 15.6. The monoisotopic (exact) mass is 328 g/mol. The molecule has 1 aromatic carbocycles. The SMILES string of the molecule is COC(=O)CCCOc1cc(N2CCN(C)CC2)c(F)cc1F. The van der Waals surface area contributed by atoms with Crippen LogP contribution >= 0.6 is 0 Å². The van der Waals surface area contributed by atoms with Crippen molar-refractivity contribution in [3.8, 4) is 5.75 Å². The van der Waals surface area contributed by atoms with Gasteiger partial charge < -0.3 is 19.3 Å². The summed E-state index contributed by atoms with van der Waals surface area (Å²) in [4.78, 5) is 15.0. The maximum atomic E-state index is 14.0. The summed E-state index contributed by atoms with van der Waals surface area (Å²) in [6.45, 7) is 3.18. The second kappa shape index (κ2) is 8.10. The van der Waals surface area contributed by atoms with Crippen LogP contribution in [0.25, 0.3) is 0 Å². The van der Waals surface area contributed by atoms with Crippen molar-refractivity contribution in [1.82, 2.24) is 4.90 Å². The Balaban J connectivity index is 2.00. The zero-order valence-corrected chi connectivity index (χ0v) is 13.5. The predicted molar refractivity (Wildman–Crippen MR) is 82.8 cm³/mol. The van der Waals surface area contributed by atoms with Gasteiger partial charge >= 0.3 is 5.97 Å². The number of methoxy groups -OCH3 is 1. The molecular formula is C16H22F2N2O3. The molecule has 5 nitrogen and oxygen atoms in total. The Bertz CT molecular complexity index is 546. The number of esters is 1. The minimum atomic E-state index is -0.738. The summed E-state index contributed by atoms with van der Waals surface area (Å²) in [6, 6.07) is 2.25. The van der Waals surface area contributed by atoms with E-state index in [1.54, 1.807) is 0 Å². The molecule has 0 bridgehead atoms. The minimum absolute atomic E-state index is 0.00481. The number of piperazine rings is 1. The largest absolute Gasteiger partial charge is 0.490 e. The molecule has 0 spiro atoms.